The van der Waals surface area contributed by atoms with Gasteiger partial charge in [0.1, 0.15) is 5.75 Å². The second-order valence-corrected chi connectivity index (χ2v) is 8.06. The van der Waals surface area contributed by atoms with Crippen LogP contribution >= 0.6 is 0 Å². The number of nitrogens with one attached hydrogen (secondary N) is 2. The van der Waals surface area contributed by atoms with Gasteiger partial charge in [-0.15, -0.1) is 0 Å². The summed E-state index contributed by atoms with van der Waals surface area (Å²) in [5, 5.41) is 4.02. The Hall–Kier alpha value is -2.79. The molecule has 2 aliphatic rings. The lowest BCUT2D eigenvalue weighted by Crippen LogP contribution is -2.31. The standard InChI is InChI=1S/C24H27N3O2/c28-24-23-17(16-25-24)6-4-7-20(23)22-15-18-14-19(8-9-21(18)26-22)29-13-5-12-27-10-2-1-3-11-27/h4,6-9,14-15,26H,1-3,5,10-13,16H2,(H,25,28). The number of ether oxygens (including phenoxy) is 1. The second kappa shape index (κ2) is 7.91. The molecular weight excluding hydrogens is 362 g/mol. The van der Waals surface area contributed by atoms with Gasteiger partial charge in [0.05, 0.1) is 12.2 Å². The monoisotopic (exact) mass is 389 g/mol. The molecule has 3 aromatic rings. The third-order valence-electron chi connectivity index (χ3n) is 6.04. The Morgan fingerprint density at radius 1 is 1.03 bits per heavy atom. The molecule has 2 aliphatic heterocycles. The third kappa shape index (κ3) is 3.75. The van der Waals surface area contributed by atoms with E-state index < -0.39 is 0 Å². The van der Waals surface area contributed by atoms with E-state index in [9.17, 15) is 4.79 Å². The molecule has 2 N–H and O–H groups in total. The van der Waals surface area contributed by atoms with Crippen molar-refractivity contribution in [3.63, 3.8) is 0 Å². The summed E-state index contributed by atoms with van der Waals surface area (Å²) in [5.74, 6) is 0.907. The Morgan fingerprint density at radius 3 is 2.83 bits per heavy atom. The van der Waals surface area contributed by atoms with Gasteiger partial charge in [-0.2, -0.15) is 0 Å². The molecule has 5 heteroatoms. The third-order valence-corrected chi connectivity index (χ3v) is 6.04. The van der Waals surface area contributed by atoms with Crippen LogP contribution in [0.4, 0.5) is 0 Å². The smallest absolute Gasteiger partial charge is 0.252 e. The molecule has 1 aromatic heterocycles. The number of H-pyrrole nitrogens is 1. The number of carbonyl (C=O) groups excluding carboxylic acids is 1. The topological polar surface area (TPSA) is 57.4 Å². The molecule has 1 saturated heterocycles. The first-order valence-electron chi connectivity index (χ1n) is 10.7. The normalized spacial score (nSPS) is 16.8. The van der Waals surface area contributed by atoms with Crippen molar-refractivity contribution in [2.45, 2.75) is 32.2 Å². The van der Waals surface area contributed by atoms with E-state index in [1.54, 1.807) is 0 Å². The average Bonchev–Trinajstić information content (AvgIpc) is 3.35. The van der Waals surface area contributed by atoms with Gasteiger partial charge >= 0.3 is 0 Å². The van der Waals surface area contributed by atoms with Crippen molar-refractivity contribution in [3.8, 4) is 17.0 Å². The largest absolute Gasteiger partial charge is 0.494 e. The van der Waals surface area contributed by atoms with Gasteiger partial charge in [0, 0.05) is 35.2 Å². The van der Waals surface area contributed by atoms with E-state index in [4.69, 9.17) is 4.74 Å². The summed E-state index contributed by atoms with van der Waals surface area (Å²) in [5.41, 5.74) is 4.82. The zero-order valence-electron chi connectivity index (χ0n) is 16.7. The molecule has 0 saturated carbocycles. The minimum atomic E-state index is 0.00647. The summed E-state index contributed by atoms with van der Waals surface area (Å²) in [6.07, 6.45) is 5.10. The van der Waals surface area contributed by atoms with Crippen molar-refractivity contribution >= 4 is 16.8 Å². The molecule has 0 spiro atoms. The SMILES string of the molecule is O=C1NCc2cccc(-c3cc4cc(OCCCN5CCCCC5)ccc4[nH]3)c21. The molecule has 0 atom stereocenters. The number of amides is 1. The highest BCUT2D eigenvalue weighted by Gasteiger charge is 2.23. The van der Waals surface area contributed by atoms with Crippen molar-refractivity contribution in [2.24, 2.45) is 0 Å². The number of hydrogen-bond acceptors (Lipinski definition) is 3. The van der Waals surface area contributed by atoms with Crippen LogP contribution in [-0.2, 0) is 6.54 Å². The molecule has 5 rings (SSSR count). The highest BCUT2D eigenvalue weighted by Crippen LogP contribution is 2.32. The van der Waals surface area contributed by atoms with Crippen molar-refractivity contribution < 1.29 is 9.53 Å². The van der Waals surface area contributed by atoms with E-state index in [0.717, 1.165) is 58.6 Å². The van der Waals surface area contributed by atoms with Crippen LogP contribution in [0, 0.1) is 0 Å². The molecule has 0 aliphatic carbocycles. The molecular formula is C24H27N3O2. The number of benzene rings is 2. The Kier molecular flexibility index (Phi) is 4.98. The van der Waals surface area contributed by atoms with Gasteiger partial charge in [-0.25, -0.2) is 0 Å². The van der Waals surface area contributed by atoms with Gasteiger partial charge in [0.2, 0.25) is 0 Å². The number of carbonyl (C=O) groups is 1. The van der Waals surface area contributed by atoms with Crippen LogP contribution < -0.4 is 10.1 Å². The van der Waals surface area contributed by atoms with Crippen LogP contribution in [0.1, 0.15) is 41.6 Å². The molecule has 1 amide bonds. The van der Waals surface area contributed by atoms with Crippen LogP contribution in [0.25, 0.3) is 22.2 Å². The molecule has 5 nitrogen and oxygen atoms in total. The molecule has 0 unspecified atom stereocenters. The van der Waals surface area contributed by atoms with Gasteiger partial charge < -0.3 is 19.9 Å². The van der Waals surface area contributed by atoms with Gasteiger partial charge in [-0.1, -0.05) is 24.6 Å². The van der Waals surface area contributed by atoms with Crippen molar-refractivity contribution in [1.29, 1.82) is 0 Å². The number of aromatic amines is 1. The maximum absolute atomic E-state index is 12.2. The molecule has 3 heterocycles. The van der Waals surface area contributed by atoms with Crippen molar-refractivity contribution in [1.82, 2.24) is 15.2 Å². The van der Waals surface area contributed by atoms with E-state index in [1.807, 2.05) is 24.3 Å². The Labute approximate surface area is 171 Å². The fraction of sp³-hybridized carbons (Fsp3) is 0.375. The summed E-state index contributed by atoms with van der Waals surface area (Å²) in [4.78, 5) is 18.2. The van der Waals surface area contributed by atoms with Crippen LogP contribution in [0.3, 0.4) is 0 Å². The molecule has 29 heavy (non-hydrogen) atoms. The fourth-order valence-electron chi connectivity index (χ4n) is 4.51. The lowest BCUT2D eigenvalue weighted by molar-refractivity contribution is 0.0966. The van der Waals surface area contributed by atoms with E-state index in [1.165, 1.54) is 32.4 Å². The van der Waals surface area contributed by atoms with Gasteiger partial charge in [-0.3, -0.25) is 4.79 Å². The van der Waals surface area contributed by atoms with Crippen LogP contribution in [-0.4, -0.2) is 42.0 Å². The maximum Gasteiger partial charge on any atom is 0.252 e. The average molecular weight is 389 g/mol. The Morgan fingerprint density at radius 2 is 1.93 bits per heavy atom. The highest BCUT2D eigenvalue weighted by atomic mass is 16.5. The van der Waals surface area contributed by atoms with E-state index in [-0.39, 0.29) is 5.91 Å². The van der Waals surface area contributed by atoms with Crippen molar-refractivity contribution in [3.05, 3.63) is 53.6 Å². The summed E-state index contributed by atoms with van der Waals surface area (Å²) in [6.45, 7) is 4.94. The lowest BCUT2D eigenvalue weighted by Gasteiger charge is -2.26. The second-order valence-electron chi connectivity index (χ2n) is 8.06. The minimum Gasteiger partial charge on any atom is -0.494 e. The number of piperidine rings is 1. The van der Waals surface area contributed by atoms with Gasteiger partial charge in [0.25, 0.3) is 5.91 Å². The fourth-order valence-corrected chi connectivity index (χ4v) is 4.51. The molecule has 0 radical (unpaired) electrons. The highest BCUT2D eigenvalue weighted by molar-refractivity contribution is 6.05. The van der Waals surface area contributed by atoms with Crippen molar-refractivity contribution in [2.75, 3.05) is 26.2 Å². The van der Waals surface area contributed by atoms with Crippen LogP contribution in [0.2, 0.25) is 0 Å². The molecule has 0 bridgehead atoms. The minimum absolute atomic E-state index is 0.00647. The van der Waals surface area contributed by atoms with Crippen LogP contribution in [0.5, 0.6) is 5.75 Å². The zero-order chi connectivity index (χ0) is 19.6. The number of hydrogen-bond donors (Lipinski definition) is 2. The van der Waals surface area contributed by atoms with Gasteiger partial charge in [0.15, 0.2) is 0 Å². The maximum atomic E-state index is 12.2. The number of likely N-dealkylation sites (tertiary alicyclic amines) is 1. The lowest BCUT2D eigenvalue weighted by atomic mass is 10.0. The number of rotatable bonds is 6. The number of fused-ring (bicyclic) bond motifs is 2. The van der Waals surface area contributed by atoms with E-state index in [2.05, 4.69) is 33.4 Å². The van der Waals surface area contributed by atoms with E-state index in [0.29, 0.717) is 6.54 Å². The zero-order valence-corrected chi connectivity index (χ0v) is 16.7. The molecule has 1 fully saturated rings. The molecule has 150 valence electrons. The number of nitrogens with zero attached hydrogens (tertiary/aromatic N) is 1. The predicted octanol–water partition coefficient (Wildman–Crippen LogP) is 4.33. The summed E-state index contributed by atoms with van der Waals surface area (Å²) < 4.78 is 6.01. The van der Waals surface area contributed by atoms with Gasteiger partial charge in [-0.05, 0) is 62.2 Å². The Bertz CT molecular complexity index is 1030. The summed E-state index contributed by atoms with van der Waals surface area (Å²) in [7, 11) is 0. The predicted molar refractivity (Wildman–Crippen MR) is 115 cm³/mol. The Balaban J connectivity index is 1.28. The summed E-state index contributed by atoms with van der Waals surface area (Å²) >= 11 is 0. The first-order chi connectivity index (χ1) is 14.3. The quantitative estimate of drug-likeness (QED) is 0.617. The first kappa shape index (κ1) is 18.3. The molecule has 2 aromatic carbocycles. The number of aromatic nitrogens is 1. The van der Waals surface area contributed by atoms with Crippen LogP contribution in [0.15, 0.2) is 42.5 Å². The first-order valence-corrected chi connectivity index (χ1v) is 10.7. The van der Waals surface area contributed by atoms with E-state index >= 15 is 0 Å². The summed E-state index contributed by atoms with van der Waals surface area (Å²) in [6, 6.07) is 14.3.